The predicted molar refractivity (Wildman–Crippen MR) is 129 cm³/mol. The van der Waals surface area contributed by atoms with Crippen LogP contribution in [-0.2, 0) is 15.9 Å². The first-order chi connectivity index (χ1) is 16.6. The number of anilines is 1. The number of methoxy groups -OCH3 is 1. The van der Waals surface area contributed by atoms with Gasteiger partial charge in [0.15, 0.2) is 11.5 Å². The third-order valence-corrected chi connectivity index (χ3v) is 6.28. The lowest BCUT2D eigenvalue weighted by molar-refractivity contribution is -0.118. The van der Waals surface area contributed by atoms with E-state index in [2.05, 4.69) is 0 Å². The van der Waals surface area contributed by atoms with Crippen LogP contribution in [0.3, 0.4) is 0 Å². The van der Waals surface area contributed by atoms with Gasteiger partial charge in [0.1, 0.15) is 0 Å². The first-order valence-corrected chi connectivity index (χ1v) is 12.2. The van der Waals surface area contributed by atoms with Gasteiger partial charge in [-0.25, -0.2) is 10.0 Å². The van der Waals surface area contributed by atoms with E-state index >= 15 is 0 Å². The minimum Gasteiger partial charge on any atom is -0.772 e. The average molecular weight is 503 g/mol. The molecule has 0 aliphatic carbocycles. The van der Waals surface area contributed by atoms with E-state index < -0.39 is 28.8 Å². The molecule has 0 fully saturated rings. The number of rotatable bonds is 10. The van der Waals surface area contributed by atoms with Crippen molar-refractivity contribution in [2.24, 2.45) is 0 Å². The lowest BCUT2D eigenvalue weighted by Gasteiger charge is -2.29. The van der Waals surface area contributed by atoms with Crippen molar-refractivity contribution in [3.05, 3.63) is 53.1 Å². The predicted octanol–water partition coefficient (Wildman–Crippen LogP) is 2.18. The van der Waals surface area contributed by atoms with Gasteiger partial charge in [0, 0.05) is 39.2 Å². The molecule has 1 aliphatic heterocycles. The summed E-state index contributed by atoms with van der Waals surface area (Å²) in [5, 5.41) is 2.82. The molecule has 3 rings (SSSR count). The molecule has 10 nitrogen and oxygen atoms in total. The van der Waals surface area contributed by atoms with Crippen LogP contribution in [-0.4, -0.2) is 76.5 Å². The number of imide groups is 1. The Morgan fingerprint density at radius 1 is 1.14 bits per heavy atom. The average Bonchev–Trinajstić information content (AvgIpc) is 3.03. The van der Waals surface area contributed by atoms with Crippen LogP contribution in [0, 0.1) is 0 Å². The van der Waals surface area contributed by atoms with Gasteiger partial charge >= 0.3 is 0 Å². The summed E-state index contributed by atoms with van der Waals surface area (Å²) < 4.78 is 34.2. The highest BCUT2D eigenvalue weighted by molar-refractivity contribution is 7.79. The van der Waals surface area contributed by atoms with Crippen molar-refractivity contribution in [1.82, 2.24) is 9.91 Å². The summed E-state index contributed by atoms with van der Waals surface area (Å²) in [7, 11) is 4.80. The molecule has 3 amide bonds. The van der Waals surface area contributed by atoms with Crippen molar-refractivity contribution in [3.8, 4) is 11.5 Å². The van der Waals surface area contributed by atoms with Crippen LogP contribution < -0.4 is 14.5 Å². The molecule has 2 unspecified atom stereocenters. The molecule has 1 aliphatic rings. The third-order valence-electron chi connectivity index (χ3n) is 5.60. The number of amides is 3. The highest BCUT2D eigenvalue weighted by Gasteiger charge is 2.40. The van der Waals surface area contributed by atoms with E-state index in [9.17, 15) is 23.1 Å². The molecular weight excluding hydrogens is 474 g/mol. The number of ether oxygens (including phenoxy) is 2. The van der Waals surface area contributed by atoms with Gasteiger partial charge in [0.05, 0.1) is 30.5 Å². The summed E-state index contributed by atoms with van der Waals surface area (Å²) >= 11 is -2.44. The Hall–Kier alpha value is -3.28. The maximum atomic E-state index is 13.5. The Kier molecular flexibility index (Phi) is 8.26. The van der Waals surface area contributed by atoms with Crippen LogP contribution >= 0.6 is 0 Å². The zero-order valence-electron chi connectivity index (χ0n) is 20.3. The number of benzene rings is 2. The van der Waals surface area contributed by atoms with E-state index in [0.29, 0.717) is 23.7 Å². The highest BCUT2D eigenvalue weighted by Crippen LogP contribution is 2.35. The first kappa shape index (κ1) is 26.3. The zero-order chi connectivity index (χ0) is 25.9. The third kappa shape index (κ3) is 5.37. The van der Waals surface area contributed by atoms with Gasteiger partial charge in [-0.1, -0.05) is 23.2 Å². The van der Waals surface area contributed by atoms with E-state index in [4.69, 9.17) is 9.47 Å². The van der Waals surface area contributed by atoms with Crippen molar-refractivity contribution in [3.63, 3.8) is 0 Å². The molecule has 2 aromatic carbocycles. The molecule has 0 radical (unpaired) electrons. The number of carbonyl (C=O) groups is 3. The maximum Gasteiger partial charge on any atom is 0.263 e. The second-order valence-electron chi connectivity index (χ2n) is 8.11. The van der Waals surface area contributed by atoms with E-state index in [1.807, 2.05) is 6.92 Å². The minimum atomic E-state index is -2.44. The molecule has 2 aromatic rings. The molecule has 2 atom stereocenters. The highest BCUT2D eigenvalue weighted by atomic mass is 32.2. The standard InChI is InChI=1S/C24H29N3O7S/c1-6-34-21-12-16(10-11-20(21)33-5)17(14-35(31)32)13-26-23(29)18-8-7-9-19(22(18)24(26)30)27(15(2)28)25(3)4/h7-12,17H,6,13-14H2,1-5H3,(H,31,32)/p-1. The van der Waals surface area contributed by atoms with Crippen molar-refractivity contribution in [2.75, 3.05) is 45.1 Å². The minimum absolute atomic E-state index is 0.105. The Balaban J connectivity index is 2.01. The smallest absolute Gasteiger partial charge is 0.263 e. The van der Waals surface area contributed by atoms with Crippen molar-refractivity contribution in [1.29, 1.82) is 0 Å². The molecular formula is C24H28N3O7S-. The number of carbonyl (C=O) groups excluding carboxylic acids is 3. The number of fused-ring (bicyclic) bond motifs is 1. The molecule has 1 heterocycles. The van der Waals surface area contributed by atoms with Crippen LogP contribution in [0.2, 0.25) is 0 Å². The lowest BCUT2D eigenvalue weighted by atomic mass is 9.99. The molecule has 0 bridgehead atoms. The normalized spacial score (nSPS) is 14.7. The Morgan fingerprint density at radius 3 is 2.43 bits per heavy atom. The SMILES string of the molecule is CCOc1cc(C(CN2C(=O)c3cccc(N(C(C)=O)N(C)C)c3C2=O)CS(=O)[O-])ccc1OC. The van der Waals surface area contributed by atoms with Crippen molar-refractivity contribution < 1.29 is 32.6 Å². The largest absolute Gasteiger partial charge is 0.772 e. The number of nitrogens with zero attached hydrogens (tertiary/aromatic N) is 3. The van der Waals surface area contributed by atoms with E-state index in [-0.39, 0.29) is 35.0 Å². The van der Waals surface area contributed by atoms with Crippen LogP contribution in [0.4, 0.5) is 5.69 Å². The first-order valence-electron chi connectivity index (χ1n) is 10.9. The summed E-state index contributed by atoms with van der Waals surface area (Å²) in [5.41, 5.74) is 1.13. The summed E-state index contributed by atoms with van der Waals surface area (Å²) in [4.78, 5) is 40.0. The molecule has 11 heteroatoms. The van der Waals surface area contributed by atoms with Gasteiger partial charge in [-0.2, -0.15) is 0 Å². The molecule has 188 valence electrons. The molecule has 0 aromatic heterocycles. The fraction of sp³-hybridized carbons (Fsp3) is 0.375. The van der Waals surface area contributed by atoms with Gasteiger partial charge in [-0.15, -0.1) is 0 Å². The van der Waals surface area contributed by atoms with Gasteiger partial charge in [-0.05, 0) is 36.8 Å². The number of hydrazine groups is 1. The van der Waals surface area contributed by atoms with Crippen LogP contribution in [0.25, 0.3) is 0 Å². The summed E-state index contributed by atoms with van der Waals surface area (Å²) in [6.07, 6.45) is 0. The molecule has 0 saturated carbocycles. The van der Waals surface area contributed by atoms with Gasteiger partial charge in [-0.3, -0.25) is 23.5 Å². The topological polar surface area (TPSA) is 120 Å². The van der Waals surface area contributed by atoms with Crippen molar-refractivity contribution in [2.45, 2.75) is 19.8 Å². The quantitative estimate of drug-likeness (QED) is 0.276. The zero-order valence-corrected chi connectivity index (χ0v) is 21.1. The molecule has 0 saturated heterocycles. The Bertz CT molecular complexity index is 1170. The van der Waals surface area contributed by atoms with Crippen LogP contribution in [0.5, 0.6) is 11.5 Å². The number of hydrogen-bond donors (Lipinski definition) is 0. The van der Waals surface area contributed by atoms with Gasteiger partial charge < -0.3 is 14.0 Å². The Morgan fingerprint density at radius 2 is 1.86 bits per heavy atom. The second-order valence-corrected chi connectivity index (χ2v) is 9.05. The van der Waals surface area contributed by atoms with E-state index in [0.717, 1.165) is 4.90 Å². The fourth-order valence-corrected chi connectivity index (χ4v) is 4.81. The second kappa shape index (κ2) is 11.0. The molecule has 35 heavy (non-hydrogen) atoms. The van der Waals surface area contributed by atoms with E-state index in [1.54, 1.807) is 44.4 Å². The summed E-state index contributed by atoms with van der Waals surface area (Å²) in [5.74, 6) is -1.57. The summed E-state index contributed by atoms with van der Waals surface area (Å²) in [6, 6.07) is 9.72. The molecule has 0 spiro atoms. The fourth-order valence-electron chi connectivity index (χ4n) is 4.18. The van der Waals surface area contributed by atoms with Crippen molar-refractivity contribution >= 4 is 34.5 Å². The van der Waals surface area contributed by atoms with Crippen LogP contribution in [0.1, 0.15) is 46.0 Å². The van der Waals surface area contributed by atoms with Gasteiger partial charge in [0.2, 0.25) is 5.91 Å². The maximum absolute atomic E-state index is 13.5. The number of hydrogen-bond acceptors (Lipinski definition) is 8. The summed E-state index contributed by atoms with van der Waals surface area (Å²) in [6.45, 7) is 3.37. The van der Waals surface area contributed by atoms with Gasteiger partial charge in [0.25, 0.3) is 11.8 Å². The monoisotopic (exact) mass is 502 g/mol. The van der Waals surface area contributed by atoms with Crippen LogP contribution in [0.15, 0.2) is 36.4 Å². The lowest BCUT2D eigenvalue weighted by Crippen LogP contribution is -2.42. The Labute approximate surface area is 206 Å². The molecule has 0 N–H and O–H groups in total. The van der Waals surface area contributed by atoms with E-state index in [1.165, 1.54) is 30.1 Å².